The number of benzene rings is 1. The van der Waals surface area contributed by atoms with Crippen LogP contribution in [0.25, 0.3) is 17.1 Å². The van der Waals surface area contributed by atoms with Crippen molar-refractivity contribution in [2.24, 2.45) is 5.73 Å². The van der Waals surface area contributed by atoms with Gasteiger partial charge in [-0.25, -0.2) is 24.2 Å². The summed E-state index contributed by atoms with van der Waals surface area (Å²) >= 11 is 0. The van der Waals surface area contributed by atoms with Crippen molar-refractivity contribution in [3.05, 3.63) is 64.4 Å². The van der Waals surface area contributed by atoms with Gasteiger partial charge in [0.1, 0.15) is 11.6 Å². The summed E-state index contributed by atoms with van der Waals surface area (Å²) in [6, 6.07) is 10.4. The molecule has 0 amide bonds. The molecule has 1 aromatic carbocycles. The number of aromatic amines is 1. The van der Waals surface area contributed by atoms with Gasteiger partial charge in [0.2, 0.25) is 6.79 Å². The molecule has 35 heavy (non-hydrogen) atoms. The lowest BCUT2D eigenvalue weighted by Gasteiger charge is -2.08. The average molecular weight is 501 g/mol. The topological polar surface area (TPSA) is 145 Å². The number of aliphatic carboxylic acids is 1. The van der Waals surface area contributed by atoms with Crippen LogP contribution in [0.1, 0.15) is 5.82 Å². The molecule has 186 valence electrons. The van der Waals surface area contributed by atoms with Crippen LogP contribution in [0.2, 0.25) is 0 Å². The number of halogens is 5. The van der Waals surface area contributed by atoms with Gasteiger partial charge in [0, 0.05) is 24.1 Å². The number of ether oxygens (including phenoxy) is 2. The fourth-order valence-corrected chi connectivity index (χ4v) is 2.86. The van der Waals surface area contributed by atoms with Gasteiger partial charge in [0.25, 0.3) is 6.08 Å². The molecule has 0 unspecified atom stereocenters. The smallest absolute Gasteiger partial charge is 0.475 e. The quantitative estimate of drug-likeness (QED) is 0.453. The Balaban J connectivity index is 0.000000429. The molecule has 2 aromatic heterocycles. The summed E-state index contributed by atoms with van der Waals surface area (Å²) in [5.74, 6) is -1.18. The SMILES string of the molecule is NCC(Cc1n[nH]c(=O)n1-c1cccc(-c2ccc3c(c2)OCO3)n1)=C(F)F.O=C(O)C(F)(F)F. The first kappa shape index (κ1) is 25.4. The number of nitrogens with zero attached hydrogens (tertiary/aromatic N) is 3. The lowest BCUT2D eigenvalue weighted by Crippen LogP contribution is -2.21. The summed E-state index contributed by atoms with van der Waals surface area (Å²) in [7, 11) is 0. The minimum Gasteiger partial charge on any atom is -0.475 e. The third kappa shape index (κ3) is 6.00. The number of carbonyl (C=O) groups is 1. The van der Waals surface area contributed by atoms with E-state index in [4.69, 9.17) is 25.1 Å². The molecule has 3 heterocycles. The van der Waals surface area contributed by atoms with E-state index in [1.165, 1.54) is 0 Å². The highest BCUT2D eigenvalue weighted by Gasteiger charge is 2.38. The molecular weight excluding hydrogens is 485 g/mol. The van der Waals surface area contributed by atoms with Crippen LogP contribution in [-0.2, 0) is 11.2 Å². The van der Waals surface area contributed by atoms with Crippen LogP contribution in [0.3, 0.4) is 0 Å². The third-order valence-corrected chi connectivity index (χ3v) is 4.50. The molecule has 0 saturated heterocycles. The van der Waals surface area contributed by atoms with Crippen LogP contribution >= 0.6 is 0 Å². The Labute approximate surface area is 192 Å². The van der Waals surface area contributed by atoms with Gasteiger partial charge in [0.05, 0.1) is 5.69 Å². The summed E-state index contributed by atoms with van der Waals surface area (Å²) in [6.45, 7) is -0.184. The number of nitrogens with two attached hydrogens (primary N) is 1. The van der Waals surface area contributed by atoms with Crippen LogP contribution in [0.5, 0.6) is 11.5 Å². The third-order valence-electron chi connectivity index (χ3n) is 4.50. The Hall–Kier alpha value is -4.27. The Morgan fingerprint density at radius 3 is 2.49 bits per heavy atom. The van der Waals surface area contributed by atoms with Crippen molar-refractivity contribution >= 4 is 5.97 Å². The lowest BCUT2D eigenvalue weighted by atomic mass is 10.1. The molecule has 0 radical (unpaired) electrons. The maximum Gasteiger partial charge on any atom is 0.490 e. The van der Waals surface area contributed by atoms with Crippen LogP contribution < -0.4 is 20.9 Å². The number of aromatic nitrogens is 4. The summed E-state index contributed by atoms with van der Waals surface area (Å²) in [5.41, 5.74) is 5.80. The van der Waals surface area contributed by atoms with Crippen LogP contribution in [-0.4, -0.2) is 50.3 Å². The summed E-state index contributed by atoms with van der Waals surface area (Å²) in [6.07, 6.45) is -7.24. The summed E-state index contributed by atoms with van der Waals surface area (Å²) in [5, 5.41) is 13.2. The highest BCUT2D eigenvalue weighted by Crippen LogP contribution is 2.35. The number of pyridine rings is 1. The van der Waals surface area contributed by atoms with E-state index in [1.807, 2.05) is 6.07 Å². The second-order valence-electron chi connectivity index (χ2n) is 6.78. The lowest BCUT2D eigenvalue weighted by molar-refractivity contribution is -0.192. The highest BCUT2D eigenvalue weighted by atomic mass is 19.4. The van der Waals surface area contributed by atoms with E-state index in [1.54, 1.807) is 30.3 Å². The van der Waals surface area contributed by atoms with Gasteiger partial charge in [-0.05, 0) is 30.3 Å². The summed E-state index contributed by atoms with van der Waals surface area (Å²) in [4.78, 5) is 25.6. The van der Waals surface area contributed by atoms with Gasteiger partial charge < -0.3 is 20.3 Å². The number of carboxylic acids is 1. The maximum atomic E-state index is 13.0. The van der Waals surface area contributed by atoms with Gasteiger partial charge in [-0.2, -0.15) is 27.1 Å². The minimum absolute atomic E-state index is 0.0913. The van der Waals surface area contributed by atoms with E-state index < -0.39 is 23.9 Å². The highest BCUT2D eigenvalue weighted by molar-refractivity contribution is 5.73. The van der Waals surface area contributed by atoms with E-state index in [-0.39, 0.29) is 37.0 Å². The Bertz CT molecular complexity index is 1310. The Morgan fingerprint density at radius 1 is 1.17 bits per heavy atom. The van der Waals surface area contributed by atoms with E-state index >= 15 is 0 Å². The van der Waals surface area contributed by atoms with E-state index in [0.29, 0.717) is 17.2 Å². The molecule has 0 spiro atoms. The molecule has 15 heteroatoms. The molecule has 3 aromatic rings. The van der Waals surface area contributed by atoms with E-state index in [0.717, 1.165) is 10.1 Å². The molecule has 0 atom stereocenters. The first-order chi connectivity index (χ1) is 16.5. The number of alkyl halides is 3. The fourth-order valence-electron chi connectivity index (χ4n) is 2.86. The molecule has 0 saturated carbocycles. The molecule has 1 aliphatic heterocycles. The molecule has 4 N–H and O–H groups in total. The molecule has 0 aliphatic carbocycles. The number of nitrogens with one attached hydrogen (secondary N) is 1. The number of fused-ring (bicyclic) bond motifs is 1. The molecule has 10 nitrogen and oxygen atoms in total. The fraction of sp³-hybridized carbons (Fsp3) is 0.200. The second-order valence-corrected chi connectivity index (χ2v) is 6.78. The second kappa shape index (κ2) is 10.3. The van der Waals surface area contributed by atoms with E-state index in [9.17, 15) is 26.7 Å². The predicted octanol–water partition coefficient (Wildman–Crippen LogP) is 2.64. The standard InChI is InChI=1S/C18H15F2N5O3.C2HF3O2/c19-17(20)11(8-21)7-16-23-24-18(26)25(16)15-3-1-2-12(22-15)10-4-5-13-14(6-10)28-9-27-13;3-2(4,5)1(6)7/h1-6H,7-9,21H2,(H,24,26);(H,6,7). The van der Waals surface area contributed by atoms with Gasteiger partial charge >= 0.3 is 17.8 Å². The van der Waals surface area contributed by atoms with Crippen LogP contribution in [0.15, 0.2) is 52.8 Å². The Kier molecular flexibility index (Phi) is 7.49. The molecular formula is C20H16F5N5O5. The van der Waals surface area contributed by atoms with Crippen molar-refractivity contribution in [1.82, 2.24) is 19.7 Å². The van der Waals surface area contributed by atoms with Crippen molar-refractivity contribution < 1.29 is 41.3 Å². The predicted molar refractivity (Wildman–Crippen MR) is 109 cm³/mol. The monoisotopic (exact) mass is 501 g/mol. The van der Waals surface area contributed by atoms with Crippen molar-refractivity contribution in [3.8, 4) is 28.6 Å². The van der Waals surface area contributed by atoms with Gasteiger partial charge in [0.15, 0.2) is 11.5 Å². The zero-order valence-corrected chi connectivity index (χ0v) is 17.5. The largest absolute Gasteiger partial charge is 0.490 e. The zero-order valence-electron chi connectivity index (χ0n) is 17.5. The van der Waals surface area contributed by atoms with E-state index in [2.05, 4.69) is 15.2 Å². The molecule has 0 bridgehead atoms. The molecule has 0 fully saturated rings. The van der Waals surface area contributed by atoms with Crippen molar-refractivity contribution in [1.29, 1.82) is 0 Å². The Morgan fingerprint density at radius 2 is 1.86 bits per heavy atom. The molecule has 1 aliphatic rings. The van der Waals surface area contributed by atoms with Crippen molar-refractivity contribution in [3.63, 3.8) is 0 Å². The molecule has 4 rings (SSSR count). The van der Waals surface area contributed by atoms with Crippen LogP contribution in [0.4, 0.5) is 22.0 Å². The first-order valence-electron chi connectivity index (χ1n) is 9.58. The number of carboxylic acid groups (broad SMARTS) is 1. The summed E-state index contributed by atoms with van der Waals surface area (Å²) < 4.78 is 69.5. The number of H-pyrrole nitrogens is 1. The van der Waals surface area contributed by atoms with Crippen LogP contribution in [0, 0.1) is 0 Å². The van der Waals surface area contributed by atoms with Gasteiger partial charge in [-0.15, -0.1) is 0 Å². The van der Waals surface area contributed by atoms with Gasteiger partial charge in [-0.3, -0.25) is 0 Å². The maximum absolute atomic E-state index is 13.0. The number of rotatable bonds is 5. The normalized spacial score (nSPS) is 12.1. The average Bonchev–Trinajstić information content (AvgIpc) is 3.42. The number of hydrogen-bond donors (Lipinski definition) is 3. The van der Waals surface area contributed by atoms with Gasteiger partial charge in [-0.1, -0.05) is 6.07 Å². The van der Waals surface area contributed by atoms with Crippen molar-refractivity contribution in [2.45, 2.75) is 12.6 Å². The first-order valence-corrected chi connectivity index (χ1v) is 9.58. The zero-order chi connectivity index (χ0) is 25.8. The van der Waals surface area contributed by atoms with Crippen molar-refractivity contribution in [2.75, 3.05) is 13.3 Å². The minimum atomic E-state index is -5.08. The number of hydrogen-bond acceptors (Lipinski definition) is 7.